The van der Waals surface area contributed by atoms with Gasteiger partial charge in [-0.15, -0.1) is 5.10 Å². The molecule has 0 aliphatic carbocycles. The molecule has 9 heteroatoms. The van der Waals surface area contributed by atoms with Crippen LogP contribution in [0.25, 0.3) is 17.6 Å². The largest absolute Gasteiger partial charge is 0.416 e. The molecule has 4 rings (SSSR count). The summed E-state index contributed by atoms with van der Waals surface area (Å²) in [4.78, 5) is 16.3. The highest BCUT2D eigenvalue weighted by Gasteiger charge is 2.31. The average molecular weight is 413 g/mol. The maximum Gasteiger partial charge on any atom is 0.416 e. The standard InChI is InChI=1S/C21H18F3N5O/c1-14-10-16(12-17(11-14)21(22,23)24)20-25-13-28(27-20)8-7-19(30)26-29-9-6-15-4-2-3-5-18(15)29/h2-5,7-8,10-13H,6,9H2,1H3,(H,26,30)/b8-7-. The van der Waals surface area contributed by atoms with Crippen LogP contribution in [0.1, 0.15) is 16.7 Å². The van der Waals surface area contributed by atoms with Gasteiger partial charge in [-0.25, -0.2) is 9.67 Å². The lowest BCUT2D eigenvalue weighted by Crippen LogP contribution is -2.40. The number of amides is 1. The molecular weight excluding hydrogens is 395 g/mol. The van der Waals surface area contributed by atoms with Crippen molar-refractivity contribution in [3.63, 3.8) is 0 Å². The predicted molar refractivity (Wildman–Crippen MR) is 106 cm³/mol. The lowest BCUT2D eigenvalue weighted by molar-refractivity contribution is -0.137. The van der Waals surface area contributed by atoms with Gasteiger partial charge in [-0.1, -0.05) is 18.2 Å². The van der Waals surface area contributed by atoms with E-state index in [2.05, 4.69) is 15.5 Å². The first-order chi connectivity index (χ1) is 14.3. The van der Waals surface area contributed by atoms with Crippen LogP contribution in [0.4, 0.5) is 18.9 Å². The Labute approximate surface area is 170 Å². The zero-order valence-electron chi connectivity index (χ0n) is 16.0. The first-order valence-corrected chi connectivity index (χ1v) is 9.24. The van der Waals surface area contributed by atoms with Crippen molar-refractivity contribution < 1.29 is 18.0 Å². The molecule has 1 aliphatic rings. The molecule has 0 unspecified atom stereocenters. The molecule has 0 fully saturated rings. The summed E-state index contributed by atoms with van der Waals surface area (Å²) in [6.07, 6.45) is 0.420. The van der Waals surface area contributed by atoms with Crippen molar-refractivity contribution in [2.24, 2.45) is 0 Å². The number of aromatic nitrogens is 3. The third-order valence-electron chi connectivity index (χ3n) is 4.68. The fourth-order valence-electron chi connectivity index (χ4n) is 3.32. The zero-order chi connectivity index (χ0) is 21.3. The Balaban J connectivity index is 1.46. The number of hydrazine groups is 1. The van der Waals surface area contributed by atoms with Crippen LogP contribution < -0.4 is 10.4 Å². The van der Waals surface area contributed by atoms with Crippen LogP contribution in [0.15, 0.2) is 54.9 Å². The Morgan fingerprint density at radius 1 is 1.20 bits per heavy atom. The number of anilines is 1. The number of rotatable bonds is 4. The minimum atomic E-state index is -4.45. The summed E-state index contributed by atoms with van der Waals surface area (Å²) in [5, 5.41) is 5.92. The highest BCUT2D eigenvalue weighted by Crippen LogP contribution is 2.32. The van der Waals surface area contributed by atoms with Crippen LogP contribution in [-0.4, -0.2) is 27.2 Å². The molecule has 0 saturated heterocycles. The summed E-state index contributed by atoms with van der Waals surface area (Å²) in [5.41, 5.74) is 4.88. The van der Waals surface area contributed by atoms with Crippen LogP contribution in [-0.2, 0) is 17.4 Å². The zero-order valence-corrected chi connectivity index (χ0v) is 16.0. The average Bonchev–Trinajstić information content (AvgIpc) is 3.33. The van der Waals surface area contributed by atoms with Crippen molar-refractivity contribution in [1.82, 2.24) is 20.2 Å². The molecule has 1 aliphatic heterocycles. The fourth-order valence-corrected chi connectivity index (χ4v) is 3.32. The van der Waals surface area contributed by atoms with Crippen molar-refractivity contribution in [1.29, 1.82) is 0 Å². The minimum absolute atomic E-state index is 0.141. The van der Waals surface area contributed by atoms with Crippen molar-refractivity contribution >= 4 is 17.8 Å². The topological polar surface area (TPSA) is 63.1 Å². The van der Waals surface area contributed by atoms with E-state index in [0.717, 1.165) is 24.2 Å². The van der Waals surface area contributed by atoms with Crippen molar-refractivity contribution in [2.45, 2.75) is 19.5 Å². The first kappa shape index (κ1) is 19.7. The van der Waals surface area contributed by atoms with E-state index in [-0.39, 0.29) is 17.3 Å². The van der Waals surface area contributed by atoms with Crippen LogP contribution in [0.5, 0.6) is 0 Å². The van der Waals surface area contributed by atoms with Crippen LogP contribution >= 0.6 is 0 Å². The molecule has 0 spiro atoms. The highest BCUT2D eigenvalue weighted by atomic mass is 19.4. The predicted octanol–water partition coefficient (Wildman–Crippen LogP) is 3.84. The normalized spacial score (nSPS) is 13.7. The Morgan fingerprint density at radius 3 is 2.80 bits per heavy atom. The van der Waals surface area contributed by atoms with Gasteiger partial charge in [0.1, 0.15) is 6.33 Å². The molecular formula is C21H18F3N5O. The quantitative estimate of drug-likeness (QED) is 0.661. The molecule has 3 aromatic rings. The van der Waals surface area contributed by atoms with Gasteiger partial charge in [0.05, 0.1) is 11.3 Å². The van der Waals surface area contributed by atoms with Crippen LogP contribution in [0, 0.1) is 6.92 Å². The Bertz CT molecular complexity index is 1120. The number of alkyl halides is 3. The van der Waals surface area contributed by atoms with Gasteiger partial charge >= 0.3 is 6.18 Å². The van der Waals surface area contributed by atoms with Crippen molar-refractivity contribution in [3.8, 4) is 11.4 Å². The summed E-state index contributed by atoms with van der Waals surface area (Å²) in [7, 11) is 0. The van der Waals surface area contributed by atoms with Crippen LogP contribution in [0.2, 0.25) is 0 Å². The second kappa shape index (κ2) is 7.66. The Kier molecular flexibility index (Phi) is 5.03. The first-order valence-electron chi connectivity index (χ1n) is 9.24. The molecule has 2 aromatic carbocycles. The Hall–Kier alpha value is -3.62. The minimum Gasteiger partial charge on any atom is -0.285 e. The van der Waals surface area contributed by atoms with Gasteiger partial charge < -0.3 is 0 Å². The number of halogens is 3. The maximum absolute atomic E-state index is 13.0. The summed E-state index contributed by atoms with van der Waals surface area (Å²) in [6.45, 7) is 2.26. The number of fused-ring (bicyclic) bond motifs is 1. The van der Waals surface area contributed by atoms with E-state index < -0.39 is 11.7 Å². The number of nitrogens with zero attached hydrogens (tertiary/aromatic N) is 4. The summed E-state index contributed by atoms with van der Waals surface area (Å²) in [6, 6.07) is 11.5. The molecule has 0 radical (unpaired) electrons. The fraction of sp³-hybridized carbons (Fsp3) is 0.190. The van der Waals surface area contributed by atoms with E-state index in [4.69, 9.17) is 0 Å². The number of nitrogens with one attached hydrogen (secondary N) is 1. The number of aryl methyl sites for hydroxylation is 1. The summed E-state index contributed by atoms with van der Waals surface area (Å²) >= 11 is 0. The highest BCUT2D eigenvalue weighted by molar-refractivity contribution is 5.91. The molecule has 1 amide bonds. The third-order valence-corrected chi connectivity index (χ3v) is 4.68. The van der Waals surface area contributed by atoms with E-state index in [9.17, 15) is 18.0 Å². The second-order valence-electron chi connectivity index (χ2n) is 6.96. The van der Waals surface area contributed by atoms with E-state index in [0.29, 0.717) is 12.1 Å². The van der Waals surface area contributed by atoms with E-state index in [1.807, 2.05) is 24.3 Å². The van der Waals surface area contributed by atoms with Gasteiger partial charge in [-0.3, -0.25) is 15.2 Å². The molecule has 30 heavy (non-hydrogen) atoms. The van der Waals surface area contributed by atoms with Crippen LogP contribution in [0.3, 0.4) is 0 Å². The number of hydrogen-bond donors (Lipinski definition) is 1. The third kappa shape index (κ3) is 4.19. The lowest BCUT2D eigenvalue weighted by Gasteiger charge is -2.19. The molecule has 154 valence electrons. The van der Waals surface area contributed by atoms with Gasteiger partial charge in [0, 0.05) is 24.4 Å². The SMILES string of the molecule is Cc1cc(-c2ncn(/C=C\C(=O)NN3CCc4ccccc43)n2)cc(C(F)(F)F)c1. The van der Waals surface area contributed by atoms with Gasteiger partial charge in [-0.2, -0.15) is 13.2 Å². The lowest BCUT2D eigenvalue weighted by atomic mass is 10.1. The van der Waals surface area contributed by atoms with Gasteiger partial charge in [0.2, 0.25) is 0 Å². The number of benzene rings is 2. The maximum atomic E-state index is 13.0. The molecule has 0 bridgehead atoms. The number of carbonyl (C=O) groups is 1. The monoisotopic (exact) mass is 413 g/mol. The van der Waals surface area contributed by atoms with Crippen molar-refractivity contribution in [2.75, 3.05) is 11.6 Å². The van der Waals surface area contributed by atoms with Crippen molar-refractivity contribution in [3.05, 3.63) is 71.6 Å². The summed E-state index contributed by atoms with van der Waals surface area (Å²) < 4.78 is 40.4. The van der Waals surface area contributed by atoms with Gasteiger partial charge in [0.15, 0.2) is 5.82 Å². The number of para-hydroxylation sites is 1. The smallest absolute Gasteiger partial charge is 0.285 e. The van der Waals surface area contributed by atoms with E-state index >= 15 is 0 Å². The van der Waals surface area contributed by atoms with Gasteiger partial charge in [-0.05, 0) is 48.7 Å². The molecule has 0 saturated carbocycles. The second-order valence-corrected chi connectivity index (χ2v) is 6.96. The van der Waals surface area contributed by atoms with E-state index in [1.165, 1.54) is 28.8 Å². The molecule has 1 aromatic heterocycles. The number of hydrogen-bond acceptors (Lipinski definition) is 4. The Morgan fingerprint density at radius 2 is 2.00 bits per heavy atom. The summed E-state index contributed by atoms with van der Waals surface area (Å²) in [5.74, 6) is -0.207. The molecule has 6 nitrogen and oxygen atoms in total. The molecule has 0 atom stereocenters. The number of carbonyl (C=O) groups excluding carboxylic acids is 1. The molecule has 2 heterocycles. The van der Waals surface area contributed by atoms with Gasteiger partial charge in [0.25, 0.3) is 5.91 Å². The molecule has 1 N–H and O–H groups in total. The van der Waals surface area contributed by atoms with E-state index in [1.54, 1.807) is 18.0 Å².